The lowest BCUT2D eigenvalue weighted by Crippen LogP contribution is -2.41. The van der Waals surface area contributed by atoms with Crippen molar-refractivity contribution in [3.63, 3.8) is 0 Å². The molecule has 0 saturated heterocycles. The van der Waals surface area contributed by atoms with Crippen LogP contribution in [0.15, 0.2) is 72.8 Å². The highest BCUT2D eigenvalue weighted by Crippen LogP contribution is 2.44. The molecule has 5 nitrogen and oxygen atoms in total. The first-order chi connectivity index (χ1) is 16.0. The van der Waals surface area contributed by atoms with E-state index in [4.69, 9.17) is 4.74 Å². The molecule has 170 valence electrons. The Hall–Kier alpha value is -3.60. The van der Waals surface area contributed by atoms with Gasteiger partial charge in [-0.3, -0.25) is 0 Å². The van der Waals surface area contributed by atoms with E-state index in [0.29, 0.717) is 18.8 Å². The number of ether oxygens (including phenoxy) is 1. The Balaban J connectivity index is 1.39. The number of carboxylic acid groups (broad SMARTS) is 1. The number of rotatable bonds is 8. The van der Waals surface area contributed by atoms with Gasteiger partial charge in [0.2, 0.25) is 0 Å². The summed E-state index contributed by atoms with van der Waals surface area (Å²) in [5, 5.41) is 12.2. The Kier molecular flexibility index (Phi) is 6.78. The number of hydrogen-bond acceptors (Lipinski definition) is 3. The molecule has 0 saturated carbocycles. The van der Waals surface area contributed by atoms with Crippen LogP contribution in [-0.2, 0) is 16.0 Å². The van der Waals surface area contributed by atoms with Crippen LogP contribution in [0, 0.1) is 0 Å². The highest BCUT2D eigenvalue weighted by Gasteiger charge is 2.29. The number of nitrogens with one attached hydrogen (secondary N) is 1. The van der Waals surface area contributed by atoms with Crippen molar-refractivity contribution in [2.24, 2.45) is 0 Å². The van der Waals surface area contributed by atoms with E-state index in [1.54, 1.807) is 0 Å². The third-order valence-electron chi connectivity index (χ3n) is 6.31. The standard InChI is InChI=1S/C28H29NO4/c1-18(2)20-10-4-3-9-19(20)15-16-26(27(30)31)29-28(32)33-17-25-23-13-7-5-11-21(23)22-12-6-8-14-24(22)25/h3-14,18,25-26H,15-17H2,1-2H3,(H,29,32)(H,30,31). The maximum absolute atomic E-state index is 12.5. The van der Waals surface area contributed by atoms with E-state index in [9.17, 15) is 14.7 Å². The summed E-state index contributed by atoms with van der Waals surface area (Å²) >= 11 is 0. The number of carbonyl (C=O) groups excluding carboxylic acids is 1. The summed E-state index contributed by atoms with van der Waals surface area (Å²) in [6.45, 7) is 4.38. The fourth-order valence-corrected chi connectivity index (χ4v) is 4.66. The molecule has 0 bridgehead atoms. The summed E-state index contributed by atoms with van der Waals surface area (Å²) in [4.78, 5) is 24.3. The number of alkyl carbamates (subject to hydrolysis) is 1. The maximum atomic E-state index is 12.5. The van der Waals surface area contributed by atoms with Gasteiger partial charge >= 0.3 is 12.1 Å². The quantitative estimate of drug-likeness (QED) is 0.466. The van der Waals surface area contributed by atoms with Gasteiger partial charge in [-0.1, -0.05) is 86.6 Å². The normalized spacial score (nSPS) is 13.3. The molecule has 1 atom stereocenters. The van der Waals surface area contributed by atoms with Crippen molar-refractivity contribution in [1.82, 2.24) is 5.32 Å². The third-order valence-corrected chi connectivity index (χ3v) is 6.31. The topological polar surface area (TPSA) is 75.6 Å². The van der Waals surface area contributed by atoms with Gasteiger partial charge in [0, 0.05) is 5.92 Å². The van der Waals surface area contributed by atoms with E-state index >= 15 is 0 Å². The average molecular weight is 444 g/mol. The predicted molar refractivity (Wildman–Crippen MR) is 128 cm³/mol. The van der Waals surface area contributed by atoms with Gasteiger partial charge in [-0.15, -0.1) is 0 Å². The van der Waals surface area contributed by atoms with Crippen LogP contribution < -0.4 is 5.32 Å². The van der Waals surface area contributed by atoms with Crippen molar-refractivity contribution in [3.05, 3.63) is 95.1 Å². The number of carboxylic acids is 1. The van der Waals surface area contributed by atoms with Crippen molar-refractivity contribution in [2.45, 2.75) is 44.6 Å². The summed E-state index contributed by atoms with van der Waals surface area (Å²) in [7, 11) is 0. The zero-order chi connectivity index (χ0) is 23.4. The van der Waals surface area contributed by atoms with Crippen LogP contribution in [0.1, 0.15) is 54.4 Å². The molecule has 0 heterocycles. The van der Waals surface area contributed by atoms with Gasteiger partial charge in [-0.25, -0.2) is 9.59 Å². The number of carbonyl (C=O) groups is 2. The van der Waals surface area contributed by atoms with Crippen LogP contribution in [-0.4, -0.2) is 29.8 Å². The van der Waals surface area contributed by atoms with Gasteiger partial charge in [0.05, 0.1) is 0 Å². The van der Waals surface area contributed by atoms with E-state index in [0.717, 1.165) is 27.8 Å². The molecular weight excluding hydrogens is 414 g/mol. The molecule has 0 fully saturated rings. The smallest absolute Gasteiger partial charge is 0.407 e. The Bertz CT molecular complexity index is 1110. The number of benzene rings is 3. The molecular formula is C28H29NO4. The molecule has 5 heteroatoms. The van der Waals surface area contributed by atoms with E-state index < -0.39 is 18.1 Å². The SMILES string of the molecule is CC(C)c1ccccc1CCC(NC(=O)OCC1c2ccccc2-c2ccccc21)C(=O)O. The lowest BCUT2D eigenvalue weighted by atomic mass is 9.93. The second-order valence-electron chi connectivity index (χ2n) is 8.75. The van der Waals surface area contributed by atoms with Crippen LogP contribution in [0.2, 0.25) is 0 Å². The highest BCUT2D eigenvalue weighted by atomic mass is 16.5. The van der Waals surface area contributed by atoms with Gasteiger partial charge in [-0.2, -0.15) is 0 Å². The van der Waals surface area contributed by atoms with Crippen molar-refractivity contribution in [2.75, 3.05) is 6.61 Å². The lowest BCUT2D eigenvalue weighted by molar-refractivity contribution is -0.139. The molecule has 3 aromatic rings. The number of aliphatic carboxylic acids is 1. The Morgan fingerprint density at radius 3 is 2.09 bits per heavy atom. The van der Waals surface area contributed by atoms with Gasteiger partial charge in [0.1, 0.15) is 12.6 Å². The first kappa shape index (κ1) is 22.6. The largest absolute Gasteiger partial charge is 0.480 e. The minimum atomic E-state index is -1.06. The van der Waals surface area contributed by atoms with Crippen molar-refractivity contribution < 1.29 is 19.4 Å². The molecule has 2 N–H and O–H groups in total. The summed E-state index contributed by atoms with van der Waals surface area (Å²) in [6.07, 6.45) is 0.152. The number of fused-ring (bicyclic) bond motifs is 3. The monoisotopic (exact) mass is 443 g/mol. The fraction of sp³-hybridized carbons (Fsp3) is 0.286. The van der Waals surface area contributed by atoms with E-state index in [1.807, 2.05) is 54.6 Å². The van der Waals surface area contributed by atoms with Gasteiger partial charge in [0.25, 0.3) is 0 Å². The van der Waals surface area contributed by atoms with Gasteiger partial charge < -0.3 is 15.2 Å². The molecule has 33 heavy (non-hydrogen) atoms. The maximum Gasteiger partial charge on any atom is 0.407 e. The molecule has 1 unspecified atom stereocenters. The van der Waals surface area contributed by atoms with Crippen LogP contribution in [0.3, 0.4) is 0 Å². The molecule has 0 aliphatic heterocycles. The number of hydrogen-bond donors (Lipinski definition) is 2. The summed E-state index contributed by atoms with van der Waals surface area (Å²) in [5.41, 5.74) is 6.83. The Labute approximate surface area is 194 Å². The van der Waals surface area contributed by atoms with Crippen molar-refractivity contribution >= 4 is 12.1 Å². The first-order valence-corrected chi connectivity index (χ1v) is 11.4. The van der Waals surface area contributed by atoms with E-state index in [2.05, 4.69) is 37.4 Å². The van der Waals surface area contributed by atoms with Crippen molar-refractivity contribution in [3.8, 4) is 11.1 Å². The minimum absolute atomic E-state index is 0.0654. The average Bonchev–Trinajstić information content (AvgIpc) is 3.14. The molecule has 0 spiro atoms. The van der Waals surface area contributed by atoms with E-state index in [1.165, 1.54) is 5.56 Å². The summed E-state index contributed by atoms with van der Waals surface area (Å²) in [5.74, 6) is -0.783. The summed E-state index contributed by atoms with van der Waals surface area (Å²) < 4.78 is 5.52. The zero-order valence-electron chi connectivity index (χ0n) is 19.0. The highest BCUT2D eigenvalue weighted by molar-refractivity contribution is 5.81. The molecule has 4 rings (SSSR count). The zero-order valence-corrected chi connectivity index (χ0v) is 19.0. The van der Waals surface area contributed by atoms with Crippen LogP contribution in [0.5, 0.6) is 0 Å². The number of aryl methyl sites for hydroxylation is 1. The van der Waals surface area contributed by atoms with Crippen LogP contribution in [0.25, 0.3) is 11.1 Å². The molecule has 1 aliphatic carbocycles. The fourth-order valence-electron chi connectivity index (χ4n) is 4.66. The minimum Gasteiger partial charge on any atom is -0.480 e. The van der Waals surface area contributed by atoms with Gasteiger partial charge in [-0.05, 0) is 52.1 Å². The molecule has 1 amide bonds. The Morgan fingerprint density at radius 2 is 1.48 bits per heavy atom. The molecule has 0 aromatic heterocycles. The van der Waals surface area contributed by atoms with Gasteiger partial charge in [0.15, 0.2) is 0 Å². The van der Waals surface area contributed by atoms with E-state index in [-0.39, 0.29) is 12.5 Å². The van der Waals surface area contributed by atoms with Crippen LogP contribution >= 0.6 is 0 Å². The number of amides is 1. The molecule has 0 radical (unpaired) electrons. The third kappa shape index (κ3) is 4.92. The van der Waals surface area contributed by atoms with Crippen molar-refractivity contribution in [1.29, 1.82) is 0 Å². The molecule has 3 aromatic carbocycles. The Morgan fingerprint density at radius 1 is 0.909 bits per heavy atom. The second-order valence-corrected chi connectivity index (χ2v) is 8.75. The first-order valence-electron chi connectivity index (χ1n) is 11.4. The summed E-state index contributed by atoms with van der Waals surface area (Å²) in [6, 6.07) is 23.2. The lowest BCUT2D eigenvalue weighted by Gasteiger charge is -2.18. The van der Waals surface area contributed by atoms with Crippen LogP contribution in [0.4, 0.5) is 4.79 Å². The second kappa shape index (κ2) is 9.90. The molecule has 1 aliphatic rings. The predicted octanol–water partition coefficient (Wildman–Crippen LogP) is 5.73.